The molecule has 1 saturated carbocycles. The van der Waals surface area contributed by atoms with E-state index in [0.29, 0.717) is 23.7 Å². The SMILES string of the molecule is CC(=O)NC1CC(C2CCN(C(=O)c3nccn3C)C2)C1. The fourth-order valence-corrected chi connectivity index (χ4v) is 3.52. The van der Waals surface area contributed by atoms with Crippen LogP contribution in [0, 0.1) is 11.8 Å². The number of aryl methyl sites for hydroxylation is 1. The minimum atomic E-state index is 0.0303. The van der Waals surface area contributed by atoms with E-state index in [4.69, 9.17) is 0 Å². The van der Waals surface area contributed by atoms with Crippen molar-refractivity contribution in [3.8, 4) is 0 Å². The van der Waals surface area contributed by atoms with E-state index in [9.17, 15) is 9.59 Å². The summed E-state index contributed by atoms with van der Waals surface area (Å²) in [5.74, 6) is 1.81. The lowest BCUT2D eigenvalue weighted by atomic mass is 9.72. The maximum atomic E-state index is 12.4. The molecule has 1 N–H and O–H groups in total. The first-order chi connectivity index (χ1) is 10.0. The van der Waals surface area contributed by atoms with Crippen LogP contribution >= 0.6 is 0 Å². The predicted octanol–water partition coefficient (Wildman–Crippen LogP) is 0.797. The van der Waals surface area contributed by atoms with Gasteiger partial charge in [0.05, 0.1) is 0 Å². The molecule has 0 bridgehead atoms. The van der Waals surface area contributed by atoms with Crippen LogP contribution in [0.25, 0.3) is 0 Å². The zero-order chi connectivity index (χ0) is 15.0. The molecule has 6 heteroatoms. The molecule has 6 nitrogen and oxygen atoms in total. The zero-order valence-electron chi connectivity index (χ0n) is 12.6. The van der Waals surface area contributed by atoms with E-state index in [0.717, 1.165) is 32.4 Å². The molecule has 1 aliphatic heterocycles. The molecule has 21 heavy (non-hydrogen) atoms. The highest BCUT2D eigenvalue weighted by Crippen LogP contribution is 2.38. The Morgan fingerprint density at radius 2 is 2.10 bits per heavy atom. The summed E-state index contributed by atoms with van der Waals surface area (Å²) in [4.78, 5) is 29.5. The van der Waals surface area contributed by atoms with Gasteiger partial charge in [-0.1, -0.05) is 0 Å². The fraction of sp³-hybridized carbons (Fsp3) is 0.667. The zero-order valence-corrected chi connectivity index (χ0v) is 12.6. The summed E-state index contributed by atoms with van der Waals surface area (Å²) >= 11 is 0. The third kappa shape index (κ3) is 2.80. The number of carbonyl (C=O) groups excluding carboxylic acids is 2. The lowest BCUT2D eigenvalue weighted by Crippen LogP contribution is -2.46. The van der Waals surface area contributed by atoms with Crippen molar-refractivity contribution in [3.63, 3.8) is 0 Å². The molecule has 1 aliphatic carbocycles. The van der Waals surface area contributed by atoms with E-state index in [1.54, 1.807) is 23.9 Å². The molecule has 1 aromatic rings. The molecule has 1 unspecified atom stereocenters. The maximum Gasteiger partial charge on any atom is 0.289 e. The standard InChI is InChI=1S/C15H22N4O2/c1-10(20)17-13-7-12(8-13)11-3-5-19(9-11)15(21)14-16-4-6-18(14)2/h4,6,11-13H,3,5,7-9H2,1-2H3,(H,17,20). The van der Waals surface area contributed by atoms with Gasteiger partial charge in [0.25, 0.3) is 5.91 Å². The molecule has 2 heterocycles. The molecule has 2 fully saturated rings. The molecular formula is C15H22N4O2. The molecule has 1 aromatic heterocycles. The molecule has 0 aromatic carbocycles. The van der Waals surface area contributed by atoms with Gasteiger partial charge in [-0.25, -0.2) is 4.98 Å². The van der Waals surface area contributed by atoms with Crippen LogP contribution < -0.4 is 5.32 Å². The number of amides is 2. The normalized spacial score (nSPS) is 28.3. The van der Waals surface area contributed by atoms with E-state index < -0.39 is 0 Å². The second-order valence-electron chi connectivity index (χ2n) is 6.29. The maximum absolute atomic E-state index is 12.4. The van der Waals surface area contributed by atoms with Crippen molar-refractivity contribution in [2.24, 2.45) is 18.9 Å². The van der Waals surface area contributed by atoms with Crippen molar-refractivity contribution in [1.82, 2.24) is 19.8 Å². The molecule has 2 aliphatic rings. The molecule has 0 spiro atoms. The van der Waals surface area contributed by atoms with Gasteiger partial charge in [0.15, 0.2) is 5.82 Å². The Morgan fingerprint density at radius 3 is 2.71 bits per heavy atom. The van der Waals surface area contributed by atoms with Crippen molar-refractivity contribution < 1.29 is 9.59 Å². The highest BCUT2D eigenvalue weighted by molar-refractivity contribution is 5.91. The minimum Gasteiger partial charge on any atom is -0.354 e. The van der Waals surface area contributed by atoms with Crippen LogP contribution in [-0.4, -0.2) is 45.4 Å². The molecule has 2 amide bonds. The Labute approximate surface area is 124 Å². The van der Waals surface area contributed by atoms with Gasteiger partial charge < -0.3 is 14.8 Å². The van der Waals surface area contributed by atoms with E-state index in [2.05, 4.69) is 10.3 Å². The van der Waals surface area contributed by atoms with Gasteiger partial charge in [-0.15, -0.1) is 0 Å². The molecule has 1 atom stereocenters. The number of aromatic nitrogens is 2. The second kappa shape index (κ2) is 5.50. The highest BCUT2D eigenvalue weighted by Gasteiger charge is 2.40. The smallest absolute Gasteiger partial charge is 0.289 e. The van der Waals surface area contributed by atoms with E-state index in [1.165, 1.54) is 0 Å². The molecule has 3 rings (SSSR count). The number of hydrogen-bond donors (Lipinski definition) is 1. The van der Waals surface area contributed by atoms with E-state index >= 15 is 0 Å². The number of rotatable bonds is 3. The fourth-order valence-electron chi connectivity index (χ4n) is 3.52. The topological polar surface area (TPSA) is 67.2 Å². The van der Waals surface area contributed by atoms with Crippen LogP contribution in [0.5, 0.6) is 0 Å². The van der Waals surface area contributed by atoms with Crippen LogP contribution in [0.3, 0.4) is 0 Å². The Morgan fingerprint density at radius 1 is 1.33 bits per heavy atom. The molecule has 114 valence electrons. The van der Waals surface area contributed by atoms with Gasteiger partial charge in [0, 0.05) is 45.5 Å². The molecule has 0 radical (unpaired) electrons. The summed E-state index contributed by atoms with van der Waals surface area (Å²) in [5.41, 5.74) is 0. The quantitative estimate of drug-likeness (QED) is 0.895. The summed E-state index contributed by atoms with van der Waals surface area (Å²) < 4.78 is 1.77. The number of nitrogens with one attached hydrogen (secondary N) is 1. The van der Waals surface area contributed by atoms with Crippen molar-refractivity contribution >= 4 is 11.8 Å². The van der Waals surface area contributed by atoms with Crippen LogP contribution in [-0.2, 0) is 11.8 Å². The van der Waals surface area contributed by atoms with Crippen LogP contribution in [0.1, 0.15) is 36.8 Å². The number of likely N-dealkylation sites (tertiary alicyclic amines) is 1. The Hall–Kier alpha value is -1.85. The highest BCUT2D eigenvalue weighted by atomic mass is 16.2. The van der Waals surface area contributed by atoms with Crippen molar-refractivity contribution in [2.45, 2.75) is 32.2 Å². The number of hydrogen-bond acceptors (Lipinski definition) is 3. The number of carbonyl (C=O) groups is 2. The monoisotopic (exact) mass is 290 g/mol. The van der Waals surface area contributed by atoms with Gasteiger partial charge in [-0.2, -0.15) is 0 Å². The van der Waals surface area contributed by atoms with Gasteiger partial charge in [-0.05, 0) is 31.1 Å². The summed E-state index contributed by atoms with van der Waals surface area (Å²) in [6.07, 6.45) is 6.62. The summed E-state index contributed by atoms with van der Waals surface area (Å²) in [5, 5.41) is 2.96. The Balaban J connectivity index is 1.52. The third-order valence-electron chi connectivity index (χ3n) is 4.77. The number of nitrogens with zero attached hydrogens (tertiary/aromatic N) is 3. The Bertz CT molecular complexity index is 548. The summed E-state index contributed by atoms with van der Waals surface area (Å²) in [6, 6.07) is 0.340. The number of imidazole rings is 1. The van der Waals surface area contributed by atoms with Crippen LogP contribution in [0.2, 0.25) is 0 Å². The summed E-state index contributed by atoms with van der Waals surface area (Å²) in [6.45, 7) is 3.21. The van der Waals surface area contributed by atoms with E-state index in [-0.39, 0.29) is 11.8 Å². The first-order valence-corrected chi connectivity index (χ1v) is 7.58. The van der Waals surface area contributed by atoms with Crippen molar-refractivity contribution in [2.75, 3.05) is 13.1 Å². The van der Waals surface area contributed by atoms with Crippen LogP contribution in [0.15, 0.2) is 12.4 Å². The lowest BCUT2D eigenvalue weighted by Gasteiger charge is -2.39. The van der Waals surface area contributed by atoms with Gasteiger partial charge >= 0.3 is 0 Å². The van der Waals surface area contributed by atoms with Crippen molar-refractivity contribution in [3.05, 3.63) is 18.2 Å². The van der Waals surface area contributed by atoms with Gasteiger partial charge in [0.2, 0.25) is 5.91 Å². The van der Waals surface area contributed by atoms with Gasteiger partial charge in [0.1, 0.15) is 0 Å². The average Bonchev–Trinajstić information content (AvgIpc) is 3.01. The van der Waals surface area contributed by atoms with E-state index in [1.807, 2.05) is 11.9 Å². The van der Waals surface area contributed by atoms with Gasteiger partial charge in [-0.3, -0.25) is 9.59 Å². The largest absolute Gasteiger partial charge is 0.354 e. The average molecular weight is 290 g/mol. The minimum absolute atomic E-state index is 0.0303. The molecule has 1 saturated heterocycles. The predicted molar refractivity (Wildman–Crippen MR) is 77.5 cm³/mol. The molecular weight excluding hydrogens is 268 g/mol. The lowest BCUT2D eigenvalue weighted by molar-refractivity contribution is -0.120. The third-order valence-corrected chi connectivity index (χ3v) is 4.77. The first kappa shape index (κ1) is 14.1. The second-order valence-corrected chi connectivity index (χ2v) is 6.29. The Kier molecular flexibility index (Phi) is 3.69. The summed E-state index contributed by atoms with van der Waals surface area (Å²) in [7, 11) is 1.84. The van der Waals surface area contributed by atoms with Crippen molar-refractivity contribution in [1.29, 1.82) is 0 Å². The first-order valence-electron chi connectivity index (χ1n) is 7.58. The van der Waals surface area contributed by atoms with Crippen LogP contribution in [0.4, 0.5) is 0 Å².